The Bertz CT molecular complexity index is 843. The highest BCUT2D eigenvalue weighted by Crippen LogP contribution is 2.33. The van der Waals surface area contributed by atoms with Crippen LogP contribution in [0.2, 0.25) is 5.02 Å². The normalized spacial score (nSPS) is 17.4. The number of H-pyrrole nitrogens is 1. The van der Waals surface area contributed by atoms with Crippen LogP contribution in [0, 0.1) is 0 Å². The number of nitrogens with zero attached hydrogens (tertiary/aromatic N) is 2. The average Bonchev–Trinajstić information content (AvgIpc) is 2.99. The van der Waals surface area contributed by atoms with Crippen LogP contribution in [-0.4, -0.2) is 26.9 Å². The zero-order valence-electron chi connectivity index (χ0n) is 12.4. The number of carbonyl (C=O) groups excluding carboxylic acids is 1. The predicted octanol–water partition coefficient (Wildman–Crippen LogP) is 1.55. The van der Waals surface area contributed by atoms with E-state index in [1.54, 1.807) is 11.0 Å². The number of aromatic nitrogens is 2. The van der Waals surface area contributed by atoms with Crippen LogP contribution >= 0.6 is 11.6 Å². The third-order valence-corrected chi connectivity index (χ3v) is 4.24. The summed E-state index contributed by atoms with van der Waals surface area (Å²) in [7, 11) is 0. The number of nitrogens with one attached hydrogen (secondary N) is 1. The average molecular weight is 334 g/mol. The van der Waals surface area contributed by atoms with Gasteiger partial charge >= 0.3 is 5.69 Å². The number of aromatic amines is 1. The first-order valence-corrected chi connectivity index (χ1v) is 7.77. The van der Waals surface area contributed by atoms with Gasteiger partial charge in [0, 0.05) is 23.8 Å². The van der Waals surface area contributed by atoms with E-state index in [1.807, 2.05) is 18.2 Å². The number of rotatable bonds is 3. The molecule has 1 amide bonds. The fraction of sp³-hybridized carbons (Fsp3) is 0.312. The van der Waals surface area contributed by atoms with E-state index in [0.29, 0.717) is 11.6 Å². The Balaban J connectivity index is 1.81. The lowest BCUT2D eigenvalue weighted by Gasteiger charge is -2.25. The van der Waals surface area contributed by atoms with Gasteiger partial charge in [-0.1, -0.05) is 23.7 Å². The maximum absolute atomic E-state index is 12.6. The maximum Gasteiger partial charge on any atom is 0.328 e. The fourth-order valence-corrected chi connectivity index (χ4v) is 3.13. The molecule has 1 aromatic carbocycles. The minimum Gasteiger partial charge on any atom is -0.334 e. The summed E-state index contributed by atoms with van der Waals surface area (Å²) in [5, 5.41) is 0.638. The number of hydrogen-bond acceptors (Lipinski definition) is 3. The topological polar surface area (TPSA) is 75.2 Å². The molecule has 3 rings (SSSR count). The summed E-state index contributed by atoms with van der Waals surface area (Å²) in [4.78, 5) is 39.3. The number of carbonyl (C=O) groups is 1. The molecule has 2 aromatic rings. The van der Waals surface area contributed by atoms with Crippen molar-refractivity contribution in [2.75, 3.05) is 6.54 Å². The number of halogens is 1. The first-order valence-electron chi connectivity index (χ1n) is 7.39. The van der Waals surface area contributed by atoms with E-state index in [1.165, 1.54) is 16.8 Å². The molecule has 120 valence electrons. The first kappa shape index (κ1) is 15.6. The molecule has 1 N–H and O–H groups in total. The van der Waals surface area contributed by atoms with Gasteiger partial charge < -0.3 is 4.90 Å². The predicted molar refractivity (Wildman–Crippen MR) is 86.5 cm³/mol. The lowest BCUT2D eigenvalue weighted by atomic mass is 10.0. The molecule has 1 fully saturated rings. The summed E-state index contributed by atoms with van der Waals surface area (Å²) in [6.45, 7) is 0.556. The molecule has 1 aromatic heterocycles. The molecule has 0 aliphatic carbocycles. The number of likely N-dealkylation sites (tertiary alicyclic amines) is 1. The molecule has 1 saturated heterocycles. The zero-order chi connectivity index (χ0) is 16.4. The van der Waals surface area contributed by atoms with Crippen molar-refractivity contribution >= 4 is 17.5 Å². The second-order valence-electron chi connectivity index (χ2n) is 5.54. The van der Waals surface area contributed by atoms with Crippen LogP contribution in [0.3, 0.4) is 0 Å². The Morgan fingerprint density at radius 1 is 1.30 bits per heavy atom. The number of hydrogen-bond donors (Lipinski definition) is 1. The number of amides is 1. The van der Waals surface area contributed by atoms with E-state index in [2.05, 4.69) is 4.98 Å². The molecule has 0 bridgehead atoms. The van der Waals surface area contributed by atoms with Gasteiger partial charge in [0.1, 0.15) is 6.54 Å². The quantitative estimate of drug-likeness (QED) is 0.926. The SMILES string of the molecule is O=C(Cn1ccc(=O)[nH]c1=O)N1CCCC1c1cccc(Cl)c1. The van der Waals surface area contributed by atoms with Crippen molar-refractivity contribution in [1.82, 2.24) is 14.5 Å². The lowest BCUT2D eigenvalue weighted by molar-refractivity contribution is -0.132. The van der Waals surface area contributed by atoms with E-state index in [-0.39, 0.29) is 18.5 Å². The van der Waals surface area contributed by atoms with Crippen molar-refractivity contribution in [3.05, 3.63) is 68.0 Å². The first-order chi connectivity index (χ1) is 11.0. The van der Waals surface area contributed by atoms with Crippen molar-refractivity contribution in [1.29, 1.82) is 0 Å². The Labute approximate surface area is 137 Å². The Kier molecular flexibility index (Phi) is 4.34. The van der Waals surface area contributed by atoms with Gasteiger partial charge in [-0.05, 0) is 30.5 Å². The standard InChI is InChI=1S/C16H16ClN3O3/c17-12-4-1-3-11(9-12)13-5-2-7-20(13)15(22)10-19-8-6-14(21)18-16(19)23/h1,3-4,6,8-9,13H,2,5,7,10H2,(H,18,21,23). The van der Waals surface area contributed by atoms with Gasteiger partial charge in [-0.15, -0.1) is 0 Å². The summed E-state index contributed by atoms with van der Waals surface area (Å²) in [5.74, 6) is -0.151. The van der Waals surface area contributed by atoms with Gasteiger partial charge in [0.15, 0.2) is 0 Å². The van der Waals surface area contributed by atoms with Crippen LogP contribution < -0.4 is 11.2 Å². The van der Waals surface area contributed by atoms with Crippen molar-refractivity contribution in [3.63, 3.8) is 0 Å². The van der Waals surface area contributed by atoms with Crippen molar-refractivity contribution in [2.45, 2.75) is 25.4 Å². The van der Waals surface area contributed by atoms with E-state index >= 15 is 0 Å². The second kappa shape index (κ2) is 6.42. The van der Waals surface area contributed by atoms with Crippen molar-refractivity contribution in [2.24, 2.45) is 0 Å². The molecule has 1 aliphatic rings. The van der Waals surface area contributed by atoms with Crippen molar-refractivity contribution in [3.8, 4) is 0 Å². The largest absolute Gasteiger partial charge is 0.334 e. The summed E-state index contributed by atoms with van der Waals surface area (Å²) < 4.78 is 1.21. The summed E-state index contributed by atoms with van der Waals surface area (Å²) in [5.41, 5.74) is -0.0572. The van der Waals surface area contributed by atoms with E-state index in [4.69, 9.17) is 11.6 Å². The summed E-state index contributed by atoms with van der Waals surface area (Å²) in [6.07, 6.45) is 3.11. The summed E-state index contributed by atoms with van der Waals surface area (Å²) in [6, 6.07) is 8.68. The Morgan fingerprint density at radius 2 is 2.13 bits per heavy atom. The zero-order valence-corrected chi connectivity index (χ0v) is 13.1. The molecule has 0 spiro atoms. The van der Waals surface area contributed by atoms with E-state index in [9.17, 15) is 14.4 Å². The fourth-order valence-electron chi connectivity index (χ4n) is 2.93. The van der Waals surface area contributed by atoms with Crippen molar-refractivity contribution < 1.29 is 4.79 Å². The van der Waals surface area contributed by atoms with Crippen LogP contribution in [0.15, 0.2) is 46.1 Å². The van der Waals surface area contributed by atoms with Crippen LogP contribution in [0.1, 0.15) is 24.4 Å². The van der Waals surface area contributed by atoms with Gasteiger partial charge in [0.25, 0.3) is 5.56 Å². The van der Waals surface area contributed by atoms with Crippen LogP contribution in [0.5, 0.6) is 0 Å². The Hall–Kier alpha value is -2.34. The van der Waals surface area contributed by atoms with Gasteiger partial charge in [0.05, 0.1) is 6.04 Å². The lowest BCUT2D eigenvalue weighted by Crippen LogP contribution is -2.38. The molecule has 23 heavy (non-hydrogen) atoms. The molecule has 7 heteroatoms. The van der Waals surface area contributed by atoms with E-state index < -0.39 is 11.2 Å². The highest BCUT2D eigenvalue weighted by Gasteiger charge is 2.30. The highest BCUT2D eigenvalue weighted by molar-refractivity contribution is 6.30. The van der Waals surface area contributed by atoms with Gasteiger partial charge in [-0.2, -0.15) is 0 Å². The number of benzene rings is 1. The third kappa shape index (κ3) is 3.37. The molecule has 0 saturated carbocycles. The van der Waals surface area contributed by atoms with Crippen LogP contribution in [0.25, 0.3) is 0 Å². The molecule has 6 nitrogen and oxygen atoms in total. The second-order valence-corrected chi connectivity index (χ2v) is 5.97. The molecule has 1 atom stereocenters. The van der Waals surface area contributed by atoms with Gasteiger partial charge in [0.2, 0.25) is 5.91 Å². The smallest absolute Gasteiger partial charge is 0.328 e. The van der Waals surface area contributed by atoms with Gasteiger partial charge in [-0.3, -0.25) is 19.1 Å². The van der Waals surface area contributed by atoms with Gasteiger partial charge in [-0.25, -0.2) is 4.79 Å². The molecule has 1 aliphatic heterocycles. The molecule has 2 heterocycles. The van der Waals surface area contributed by atoms with Crippen LogP contribution in [-0.2, 0) is 11.3 Å². The molecular weight excluding hydrogens is 318 g/mol. The molecule has 0 radical (unpaired) electrons. The highest BCUT2D eigenvalue weighted by atomic mass is 35.5. The minimum absolute atomic E-state index is 0.0281. The van der Waals surface area contributed by atoms with Crippen LogP contribution in [0.4, 0.5) is 0 Å². The maximum atomic E-state index is 12.6. The van der Waals surface area contributed by atoms with E-state index in [0.717, 1.165) is 18.4 Å². The molecular formula is C16H16ClN3O3. The Morgan fingerprint density at radius 3 is 2.87 bits per heavy atom. The molecule has 1 unspecified atom stereocenters. The minimum atomic E-state index is -0.579. The monoisotopic (exact) mass is 333 g/mol. The third-order valence-electron chi connectivity index (χ3n) is 4.01. The summed E-state index contributed by atoms with van der Waals surface area (Å²) >= 11 is 6.03.